The number of fused-ring (bicyclic) bond motifs is 1. The maximum absolute atomic E-state index is 13.0. The van der Waals surface area contributed by atoms with Crippen LogP contribution >= 0.6 is 0 Å². The number of aromatic nitrogens is 2. The molecule has 0 atom stereocenters. The summed E-state index contributed by atoms with van der Waals surface area (Å²) >= 11 is 0. The minimum absolute atomic E-state index is 0.0523. The van der Waals surface area contributed by atoms with Crippen molar-refractivity contribution in [2.45, 2.75) is 51.5 Å². The van der Waals surface area contributed by atoms with E-state index in [4.69, 9.17) is 18.9 Å². The molecule has 0 unspecified atom stereocenters. The fourth-order valence-corrected chi connectivity index (χ4v) is 5.84. The first kappa shape index (κ1) is 25.9. The van der Waals surface area contributed by atoms with Crippen LogP contribution in [-0.2, 0) is 24.2 Å². The van der Waals surface area contributed by atoms with Gasteiger partial charge in [0.1, 0.15) is 11.6 Å². The first-order valence-electron chi connectivity index (χ1n) is 13.3. The van der Waals surface area contributed by atoms with Crippen LogP contribution in [0.4, 0.5) is 0 Å². The fraction of sp³-hybridized carbons (Fsp3) is 0.467. The molecule has 0 saturated carbocycles. The highest BCUT2D eigenvalue weighted by molar-refractivity contribution is 5.78. The van der Waals surface area contributed by atoms with Crippen LogP contribution in [0.3, 0.4) is 0 Å². The highest BCUT2D eigenvalue weighted by Crippen LogP contribution is 2.39. The van der Waals surface area contributed by atoms with Crippen molar-refractivity contribution in [3.8, 4) is 23.0 Å². The quantitative estimate of drug-likeness (QED) is 0.413. The van der Waals surface area contributed by atoms with Gasteiger partial charge in [0.25, 0.3) is 5.91 Å². The van der Waals surface area contributed by atoms with Gasteiger partial charge < -0.3 is 28.4 Å². The summed E-state index contributed by atoms with van der Waals surface area (Å²) in [6, 6.07) is 8.06. The van der Waals surface area contributed by atoms with Crippen molar-refractivity contribution in [1.29, 1.82) is 0 Å². The summed E-state index contributed by atoms with van der Waals surface area (Å²) in [5, 5.41) is 0. The monoisotopic (exact) mass is 519 g/mol. The van der Waals surface area contributed by atoms with E-state index in [2.05, 4.69) is 22.5 Å². The van der Waals surface area contributed by atoms with Crippen molar-refractivity contribution in [3.63, 3.8) is 0 Å². The van der Waals surface area contributed by atoms with Gasteiger partial charge in [-0.3, -0.25) is 4.79 Å². The molecule has 1 amide bonds. The summed E-state index contributed by atoms with van der Waals surface area (Å²) < 4.78 is 24.7. The van der Waals surface area contributed by atoms with Crippen LogP contribution in [0.5, 0.6) is 23.0 Å². The molecule has 1 fully saturated rings. The van der Waals surface area contributed by atoms with E-state index in [-0.39, 0.29) is 18.4 Å². The van der Waals surface area contributed by atoms with Crippen molar-refractivity contribution >= 4 is 5.91 Å². The summed E-state index contributed by atoms with van der Waals surface area (Å²) in [4.78, 5) is 19.6. The average molecular weight is 520 g/mol. The van der Waals surface area contributed by atoms with Gasteiger partial charge in [0.15, 0.2) is 18.1 Å². The van der Waals surface area contributed by atoms with Gasteiger partial charge in [-0.15, -0.1) is 0 Å². The highest BCUT2D eigenvalue weighted by atomic mass is 16.5. The Bertz CT molecular complexity index is 1270. The van der Waals surface area contributed by atoms with Gasteiger partial charge in [-0.2, -0.15) is 0 Å². The van der Waals surface area contributed by atoms with Crippen LogP contribution in [-0.4, -0.2) is 61.4 Å². The second-order valence-electron chi connectivity index (χ2n) is 10.1. The van der Waals surface area contributed by atoms with Crippen LogP contribution in [0, 0.1) is 6.92 Å². The van der Waals surface area contributed by atoms with E-state index >= 15 is 0 Å². The minimum atomic E-state index is 0.0523. The molecule has 2 aromatic carbocycles. The van der Waals surface area contributed by atoms with Crippen molar-refractivity contribution < 1.29 is 23.7 Å². The Hall–Kier alpha value is -3.68. The number of carbonyl (C=O) groups is 1. The molecule has 0 bridgehead atoms. The van der Waals surface area contributed by atoms with Gasteiger partial charge >= 0.3 is 0 Å². The molecule has 2 heterocycles. The van der Waals surface area contributed by atoms with Crippen molar-refractivity contribution in [1.82, 2.24) is 14.5 Å². The Morgan fingerprint density at radius 2 is 1.68 bits per heavy atom. The molecule has 1 aliphatic heterocycles. The third kappa shape index (κ3) is 5.17. The molecule has 0 radical (unpaired) electrons. The molecule has 38 heavy (non-hydrogen) atoms. The number of nitrogens with zero attached hydrogens (tertiary/aromatic N) is 3. The smallest absolute Gasteiger partial charge is 0.260 e. The molecule has 1 aliphatic carbocycles. The lowest BCUT2D eigenvalue weighted by molar-refractivity contribution is -0.134. The maximum Gasteiger partial charge on any atom is 0.260 e. The predicted octanol–water partition coefficient (Wildman–Crippen LogP) is 4.54. The number of benzene rings is 2. The zero-order chi connectivity index (χ0) is 26.6. The molecule has 202 valence electrons. The lowest BCUT2D eigenvalue weighted by Crippen LogP contribution is -2.41. The molecule has 3 aromatic rings. The Labute approximate surface area is 224 Å². The SMILES string of the molecule is COc1cc(Cn2ccnc2C2CCN(C(=O)COc3ccc(C)c4c3CCC4)CC2)cc(OC)c1OC. The number of imidazole rings is 1. The van der Waals surface area contributed by atoms with Gasteiger partial charge in [0.2, 0.25) is 5.75 Å². The maximum atomic E-state index is 13.0. The normalized spacial score (nSPS) is 15.3. The lowest BCUT2D eigenvalue weighted by Gasteiger charge is -2.32. The van der Waals surface area contributed by atoms with Crippen LogP contribution in [0.2, 0.25) is 0 Å². The third-order valence-electron chi connectivity index (χ3n) is 7.87. The van der Waals surface area contributed by atoms with Crippen molar-refractivity contribution in [3.05, 3.63) is 64.7 Å². The first-order valence-corrected chi connectivity index (χ1v) is 13.3. The number of aryl methyl sites for hydroxylation is 1. The number of rotatable bonds is 9. The number of hydrogen-bond donors (Lipinski definition) is 0. The fourth-order valence-electron chi connectivity index (χ4n) is 5.84. The molecular formula is C30H37N3O5. The lowest BCUT2D eigenvalue weighted by atomic mass is 9.95. The highest BCUT2D eigenvalue weighted by Gasteiger charge is 2.27. The van der Waals surface area contributed by atoms with Crippen molar-refractivity contribution in [2.75, 3.05) is 41.0 Å². The second kappa shape index (κ2) is 11.4. The Morgan fingerprint density at radius 1 is 0.974 bits per heavy atom. The van der Waals surface area contributed by atoms with E-state index < -0.39 is 0 Å². The number of likely N-dealkylation sites (tertiary alicyclic amines) is 1. The largest absolute Gasteiger partial charge is 0.493 e. The topological polar surface area (TPSA) is 75.1 Å². The van der Waals surface area contributed by atoms with E-state index in [1.54, 1.807) is 21.3 Å². The molecule has 0 spiro atoms. The van der Waals surface area contributed by atoms with E-state index in [9.17, 15) is 4.79 Å². The van der Waals surface area contributed by atoms with E-state index in [1.807, 2.05) is 35.5 Å². The van der Waals surface area contributed by atoms with Crippen LogP contribution < -0.4 is 18.9 Å². The zero-order valence-electron chi connectivity index (χ0n) is 22.8. The van der Waals surface area contributed by atoms with Crippen LogP contribution in [0.1, 0.15) is 53.3 Å². The molecule has 5 rings (SSSR count). The number of amides is 1. The number of ether oxygens (including phenoxy) is 4. The molecular weight excluding hydrogens is 482 g/mol. The number of methoxy groups -OCH3 is 3. The van der Waals surface area contributed by atoms with Gasteiger partial charge in [-0.25, -0.2) is 4.98 Å². The Kier molecular flexibility index (Phi) is 7.77. The van der Waals surface area contributed by atoms with E-state index in [0.717, 1.165) is 49.2 Å². The molecule has 0 N–H and O–H groups in total. The van der Waals surface area contributed by atoms with Crippen molar-refractivity contribution in [2.24, 2.45) is 0 Å². The second-order valence-corrected chi connectivity index (χ2v) is 10.1. The molecule has 8 heteroatoms. The number of piperidine rings is 1. The van der Waals surface area contributed by atoms with Gasteiger partial charge in [0, 0.05) is 37.9 Å². The standard InChI is InChI=1S/C30H37N3O5/c1-20-8-9-25(24-7-5-6-23(20)24)38-19-28(34)32-13-10-22(11-14-32)30-31-12-15-33(30)18-21-16-26(35-2)29(37-4)27(17-21)36-3/h8-9,12,15-17,22H,5-7,10-11,13-14,18-19H2,1-4H3. The number of carbonyl (C=O) groups excluding carboxylic acids is 1. The molecule has 1 aromatic heterocycles. The average Bonchev–Trinajstić information content (AvgIpc) is 3.63. The van der Waals surface area contributed by atoms with Gasteiger partial charge in [0.05, 0.1) is 21.3 Å². The number of hydrogen-bond acceptors (Lipinski definition) is 6. The Balaban J connectivity index is 1.19. The summed E-state index contributed by atoms with van der Waals surface area (Å²) in [5.41, 5.74) is 5.04. The zero-order valence-corrected chi connectivity index (χ0v) is 22.8. The summed E-state index contributed by atoms with van der Waals surface area (Å²) in [6.45, 7) is 4.29. The van der Waals surface area contributed by atoms with E-state index in [1.165, 1.54) is 16.7 Å². The first-order chi connectivity index (χ1) is 18.5. The summed E-state index contributed by atoms with van der Waals surface area (Å²) in [7, 11) is 4.85. The molecule has 8 nitrogen and oxygen atoms in total. The van der Waals surface area contributed by atoms with Crippen LogP contribution in [0.25, 0.3) is 0 Å². The minimum Gasteiger partial charge on any atom is -0.493 e. The van der Waals surface area contributed by atoms with Gasteiger partial charge in [-0.05, 0) is 79.5 Å². The molecule has 2 aliphatic rings. The van der Waals surface area contributed by atoms with Crippen LogP contribution in [0.15, 0.2) is 36.7 Å². The summed E-state index contributed by atoms with van der Waals surface area (Å²) in [6.07, 6.45) is 8.90. The predicted molar refractivity (Wildman–Crippen MR) is 145 cm³/mol. The van der Waals surface area contributed by atoms with Gasteiger partial charge in [-0.1, -0.05) is 6.07 Å². The molecule has 1 saturated heterocycles. The van der Waals surface area contributed by atoms with E-state index in [0.29, 0.717) is 36.9 Å². The summed E-state index contributed by atoms with van der Waals surface area (Å²) in [5.74, 6) is 4.10. The Morgan fingerprint density at radius 3 is 2.37 bits per heavy atom. The third-order valence-corrected chi connectivity index (χ3v) is 7.87.